The van der Waals surface area contributed by atoms with E-state index in [0.717, 1.165) is 13.0 Å². The molecular weight excluding hydrogens is 308 g/mol. The SMILES string of the molecule is CCCOBr.CN(C)c1ccncc1.[Cu]. The van der Waals surface area contributed by atoms with Crippen molar-refractivity contribution in [3.63, 3.8) is 0 Å². The molecule has 0 saturated carbocycles. The molecule has 0 aromatic carbocycles. The third-order valence-corrected chi connectivity index (χ3v) is 1.78. The molecule has 0 amide bonds. The van der Waals surface area contributed by atoms with E-state index >= 15 is 0 Å². The number of pyridine rings is 1. The number of anilines is 1. The Hall–Kier alpha value is -0.0905. The zero-order valence-electron chi connectivity index (χ0n) is 9.21. The quantitative estimate of drug-likeness (QED) is 0.800. The number of nitrogens with zero attached hydrogens (tertiary/aromatic N) is 2. The van der Waals surface area contributed by atoms with Gasteiger partial charge in [0.15, 0.2) is 0 Å². The largest absolute Gasteiger partial charge is 0.378 e. The van der Waals surface area contributed by atoms with Crippen molar-refractivity contribution >= 4 is 21.9 Å². The van der Waals surface area contributed by atoms with Crippen LogP contribution in [0.15, 0.2) is 24.5 Å². The number of hydrogen-bond donors (Lipinski definition) is 0. The topological polar surface area (TPSA) is 25.4 Å². The van der Waals surface area contributed by atoms with Gasteiger partial charge in [0.25, 0.3) is 0 Å². The summed E-state index contributed by atoms with van der Waals surface area (Å²) in [6.45, 7) is 2.86. The molecule has 1 aromatic heterocycles. The Morgan fingerprint density at radius 2 is 1.87 bits per heavy atom. The summed E-state index contributed by atoms with van der Waals surface area (Å²) in [5, 5.41) is 0. The fraction of sp³-hybridized carbons (Fsp3) is 0.500. The van der Waals surface area contributed by atoms with Crippen molar-refractivity contribution in [2.45, 2.75) is 13.3 Å². The monoisotopic (exact) mass is 323 g/mol. The zero-order valence-corrected chi connectivity index (χ0v) is 11.7. The Bertz CT molecular complexity index is 220. The number of halogens is 1. The van der Waals surface area contributed by atoms with Gasteiger partial charge < -0.3 is 8.73 Å². The molecule has 91 valence electrons. The number of hydrogen-bond acceptors (Lipinski definition) is 3. The molecule has 0 saturated heterocycles. The van der Waals surface area contributed by atoms with Crippen LogP contribution in [0.25, 0.3) is 0 Å². The molecule has 0 N–H and O–H groups in total. The molecule has 0 aliphatic carbocycles. The van der Waals surface area contributed by atoms with Crippen molar-refractivity contribution in [3.8, 4) is 0 Å². The molecule has 0 atom stereocenters. The molecule has 1 radical (unpaired) electrons. The summed E-state index contributed by atoms with van der Waals surface area (Å²) in [6, 6.07) is 3.94. The summed E-state index contributed by atoms with van der Waals surface area (Å²) < 4.78 is 4.50. The van der Waals surface area contributed by atoms with E-state index in [4.69, 9.17) is 0 Å². The third kappa shape index (κ3) is 10.2. The van der Waals surface area contributed by atoms with Crippen molar-refractivity contribution in [3.05, 3.63) is 24.5 Å². The molecule has 0 aliphatic rings. The minimum atomic E-state index is 0. The Balaban J connectivity index is 0. The maximum Gasteiger partial charge on any atom is 0.0987 e. The van der Waals surface area contributed by atoms with Gasteiger partial charge in [-0.1, -0.05) is 6.92 Å². The molecule has 5 heteroatoms. The average Bonchev–Trinajstić information content (AvgIpc) is 2.21. The van der Waals surface area contributed by atoms with Gasteiger partial charge in [-0.2, -0.15) is 0 Å². The van der Waals surface area contributed by atoms with Crippen LogP contribution in [0.3, 0.4) is 0 Å². The van der Waals surface area contributed by atoms with Gasteiger partial charge in [-0.3, -0.25) is 4.98 Å². The molecule has 3 nitrogen and oxygen atoms in total. The molecular formula is C10H17BrCuN2O. The van der Waals surface area contributed by atoms with Crippen molar-refractivity contribution in [2.24, 2.45) is 0 Å². The van der Waals surface area contributed by atoms with E-state index in [1.165, 1.54) is 5.69 Å². The molecule has 0 bridgehead atoms. The van der Waals surface area contributed by atoms with Crippen LogP contribution < -0.4 is 4.90 Å². The number of rotatable bonds is 3. The van der Waals surface area contributed by atoms with E-state index in [9.17, 15) is 0 Å². The van der Waals surface area contributed by atoms with Gasteiger partial charge in [-0.05, 0) is 18.6 Å². The summed E-state index contributed by atoms with van der Waals surface area (Å²) in [5.74, 6) is 0. The van der Waals surface area contributed by atoms with Crippen LogP contribution >= 0.6 is 16.3 Å². The minimum Gasteiger partial charge on any atom is -0.378 e. The first-order valence-electron chi connectivity index (χ1n) is 4.53. The van der Waals surface area contributed by atoms with Gasteiger partial charge in [0.1, 0.15) is 0 Å². The first-order chi connectivity index (χ1) is 6.72. The van der Waals surface area contributed by atoms with Crippen LogP contribution in [0.1, 0.15) is 13.3 Å². The van der Waals surface area contributed by atoms with Crippen molar-refractivity contribution in [2.75, 3.05) is 25.6 Å². The first kappa shape index (κ1) is 17.3. The Morgan fingerprint density at radius 3 is 2.07 bits per heavy atom. The first-order valence-corrected chi connectivity index (χ1v) is 5.18. The van der Waals surface area contributed by atoms with Gasteiger partial charge in [-0.25, -0.2) is 0 Å². The Labute approximate surface area is 111 Å². The van der Waals surface area contributed by atoms with Crippen molar-refractivity contribution in [1.29, 1.82) is 0 Å². The van der Waals surface area contributed by atoms with Gasteiger partial charge in [-0.15, -0.1) is 0 Å². The van der Waals surface area contributed by atoms with Crippen LogP contribution in [0.2, 0.25) is 0 Å². The Kier molecular flexibility index (Phi) is 13.8. The van der Waals surface area contributed by atoms with Crippen LogP contribution in [0, 0.1) is 0 Å². The second-order valence-corrected chi connectivity index (χ2v) is 3.37. The summed E-state index contributed by atoms with van der Waals surface area (Å²) in [5.41, 5.74) is 1.19. The maximum absolute atomic E-state index is 4.50. The normalized spacial score (nSPS) is 8.27. The standard InChI is InChI=1S/C7H10N2.C3H7BrO.Cu/c1-9(2)7-3-5-8-6-4-7;1-2-3-5-4;/h3-6H,1-2H3;2-3H2,1H3;. The van der Waals surface area contributed by atoms with Gasteiger partial charge in [0, 0.05) is 49.2 Å². The predicted molar refractivity (Wildman–Crippen MR) is 63.7 cm³/mol. The van der Waals surface area contributed by atoms with Crippen LogP contribution in [-0.2, 0) is 20.9 Å². The molecule has 0 spiro atoms. The molecule has 0 fully saturated rings. The van der Waals surface area contributed by atoms with E-state index in [0.29, 0.717) is 0 Å². The van der Waals surface area contributed by atoms with Crippen LogP contribution in [0.4, 0.5) is 5.69 Å². The van der Waals surface area contributed by atoms with E-state index in [1.54, 1.807) is 12.4 Å². The zero-order chi connectivity index (χ0) is 10.8. The predicted octanol–water partition coefficient (Wildman–Crippen LogP) is 2.87. The molecule has 0 aliphatic heterocycles. The average molecular weight is 325 g/mol. The van der Waals surface area contributed by atoms with Gasteiger partial charge in [0.2, 0.25) is 0 Å². The summed E-state index contributed by atoms with van der Waals surface area (Å²) in [4.78, 5) is 5.94. The van der Waals surface area contributed by atoms with E-state index in [2.05, 4.69) is 32.0 Å². The smallest absolute Gasteiger partial charge is 0.0987 e. The summed E-state index contributed by atoms with van der Waals surface area (Å²) >= 11 is 2.81. The van der Waals surface area contributed by atoms with Gasteiger partial charge in [0.05, 0.1) is 22.9 Å². The third-order valence-electron chi connectivity index (χ3n) is 1.46. The number of aromatic nitrogens is 1. The molecule has 1 rings (SSSR count). The second-order valence-electron chi connectivity index (χ2n) is 2.91. The maximum atomic E-state index is 4.50. The molecule has 15 heavy (non-hydrogen) atoms. The summed E-state index contributed by atoms with van der Waals surface area (Å²) in [6.07, 6.45) is 4.65. The van der Waals surface area contributed by atoms with Crippen LogP contribution in [0.5, 0.6) is 0 Å². The fourth-order valence-corrected chi connectivity index (χ4v) is 1.04. The minimum absolute atomic E-state index is 0. The summed E-state index contributed by atoms with van der Waals surface area (Å²) in [7, 11) is 4.02. The molecule has 1 aromatic rings. The fourth-order valence-electron chi connectivity index (χ4n) is 0.719. The van der Waals surface area contributed by atoms with E-state index < -0.39 is 0 Å². The molecule has 0 unspecified atom stereocenters. The van der Waals surface area contributed by atoms with Crippen LogP contribution in [-0.4, -0.2) is 25.7 Å². The van der Waals surface area contributed by atoms with Gasteiger partial charge >= 0.3 is 0 Å². The molecule has 1 heterocycles. The van der Waals surface area contributed by atoms with Crippen molar-refractivity contribution < 1.29 is 20.9 Å². The second kappa shape index (κ2) is 12.0. The van der Waals surface area contributed by atoms with E-state index in [-0.39, 0.29) is 17.1 Å². The van der Waals surface area contributed by atoms with Crippen molar-refractivity contribution in [1.82, 2.24) is 4.98 Å². The van der Waals surface area contributed by atoms with E-state index in [1.807, 2.05) is 31.1 Å². The Morgan fingerprint density at radius 1 is 1.33 bits per heavy atom.